The predicted octanol–water partition coefficient (Wildman–Crippen LogP) is 4.72. The molecule has 2 N–H and O–H groups in total. The van der Waals surface area contributed by atoms with Crippen LogP contribution in [-0.4, -0.2) is 21.7 Å². The number of hydrogen-bond acceptors (Lipinski definition) is 5. The molecule has 128 valence electrons. The second kappa shape index (κ2) is 8.09. The van der Waals surface area contributed by atoms with Crippen LogP contribution in [0.15, 0.2) is 48.7 Å². The van der Waals surface area contributed by atoms with Crippen molar-refractivity contribution in [3.63, 3.8) is 0 Å². The van der Waals surface area contributed by atoms with Crippen LogP contribution in [0.4, 0.5) is 21.8 Å². The van der Waals surface area contributed by atoms with Crippen molar-refractivity contribution in [2.45, 2.75) is 6.42 Å². The Kier molecular flexibility index (Phi) is 5.63. The molecule has 0 radical (unpaired) electrons. The minimum absolute atomic E-state index is 0.227. The van der Waals surface area contributed by atoms with Crippen LogP contribution in [-0.2, 0) is 6.42 Å². The minimum Gasteiger partial charge on any atom is -0.353 e. The highest BCUT2D eigenvalue weighted by atomic mass is 35.5. The first-order chi connectivity index (χ1) is 12.1. The number of hydrogen-bond donors (Lipinski definition) is 2. The van der Waals surface area contributed by atoms with Gasteiger partial charge in [0.2, 0.25) is 5.95 Å². The normalized spacial score (nSPS) is 10.5. The van der Waals surface area contributed by atoms with Gasteiger partial charge in [0.15, 0.2) is 5.82 Å². The predicted molar refractivity (Wildman–Crippen MR) is 98.2 cm³/mol. The SMILES string of the molecule is Fc1ccccc1CCNc1nncc(Nc2cc(Cl)ccc2Cl)n1. The lowest BCUT2D eigenvalue weighted by molar-refractivity contribution is 0.610. The Morgan fingerprint density at radius 2 is 1.92 bits per heavy atom. The van der Waals surface area contributed by atoms with E-state index in [4.69, 9.17) is 23.2 Å². The van der Waals surface area contributed by atoms with Crippen molar-refractivity contribution < 1.29 is 4.39 Å². The maximum Gasteiger partial charge on any atom is 0.244 e. The zero-order chi connectivity index (χ0) is 17.6. The van der Waals surface area contributed by atoms with Crippen molar-refractivity contribution in [2.75, 3.05) is 17.2 Å². The van der Waals surface area contributed by atoms with Crippen molar-refractivity contribution in [2.24, 2.45) is 0 Å². The fourth-order valence-electron chi connectivity index (χ4n) is 2.18. The molecule has 25 heavy (non-hydrogen) atoms. The van der Waals surface area contributed by atoms with E-state index in [1.807, 2.05) is 0 Å². The average molecular weight is 378 g/mol. The summed E-state index contributed by atoms with van der Waals surface area (Å²) in [6, 6.07) is 11.7. The third-order valence-electron chi connectivity index (χ3n) is 3.39. The van der Waals surface area contributed by atoms with Gasteiger partial charge in [0.05, 0.1) is 16.9 Å². The molecule has 0 atom stereocenters. The number of nitrogens with zero attached hydrogens (tertiary/aromatic N) is 3. The lowest BCUT2D eigenvalue weighted by atomic mass is 10.1. The van der Waals surface area contributed by atoms with Crippen LogP contribution in [0, 0.1) is 5.82 Å². The van der Waals surface area contributed by atoms with E-state index >= 15 is 0 Å². The van der Waals surface area contributed by atoms with Gasteiger partial charge in [-0.1, -0.05) is 41.4 Å². The lowest BCUT2D eigenvalue weighted by Crippen LogP contribution is -2.10. The third kappa shape index (κ3) is 4.78. The van der Waals surface area contributed by atoms with Crippen LogP contribution < -0.4 is 10.6 Å². The van der Waals surface area contributed by atoms with Gasteiger partial charge in [-0.2, -0.15) is 10.1 Å². The van der Waals surface area contributed by atoms with Gasteiger partial charge in [-0.25, -0.2) is 4.39 Å². The van der Waals surface area contributed by atoms with Gasteiger partial charge in [-0.05, 0) is 36.2 Å². The summed E-state index contributed by atoms with van der Waals surface area (Å²) >= 11 is 12.1. The summed E-state index contributed by atoms with van der Waals surface area (Å²) in [6.45, 7) is 0.476. The molecule has 0 bridgehead atoms. The summed E-state index contributed by atoms with van der Waals surface area (Å²) in [6.07, 6.45) is 1.98. The molecule has 1 aromatic heterocycles. The zero-order valence-corrected chi connectivity index (χ0v) is 14.5. The molecule has 0 fully saturated rings. The van der Waals surface area contributed by atoms with Crippen molar-refractivity contribution in [3.05, 3.63) is 70.1 Å². The third-order valence-corrected chi connectivity index (χ3v) is 3.95. The van der Waals surface area contributed by atoms with Crippen LogP contribution >= 0.6 is 23.2 Å². The van der Waals surface area contributed by atoms with Gasteiger partial charge in [0, 0.05) is 11.6 Å². The highest BCUT2D eigenvalue weighted by molar-refractivity contribution is 6.35. The van der Waals surface area contributed by atoms with Crippen molar-refractivity contribution in [3.8, 4) is 0 Å². The summed E-state index contributed by atoms with van der Waals surface area (Å²) in [7, 11) is 0. The Hall–Kier alpha value is -2.44. The fraction of sp³-hybridized carbons (Fsp3) is 0.118. The van der Waals surface area contributed by atoms with E-state index in [-0.39, 0.29) is 5.82 Å². The number of rotatable bonds is 6. The fourth-order valence-corrected chi connectivity index (χ4v) is 2.52. The Morgan fingerprint density at radius 3 is 2.76 bits per heavy atom. The second-order valence-electron chi connectivity index (χ2n) is 5.18. The molecule has 1 heterocycles. The summed E-state index contributed by atoms with van der Waals surface area (Å²) in [5, 5.41) is 14.9. The molecular formula is C17H14Cl2FN5. The van der Waals surface area contributed by atoms with Crippen molar-refractivity contribution in [1.29, 1.82) is 0 Å². The van der Waals surface area contributed by atoms with Crippen molar-refractivity contribution >= 4 is 40.7 Å². The molecule has 5 nitrogen and oxygen atoms in total. The van der Waals surface area contributed by atoms with Gasteiger partial charge in [0.1, 0.15) is 5.82 Å². The van der Waals surface area contributed by atoms with Crippen LogP contribution in [0.1, 0.15) is 5.56 Å². The van der Waals surface area contributed by atoms with Gasteiger partial charge in [0.25, 0.3) is 0 Å². The van der Waals surface area contributed by atoms with Crippen molar-refractivity contribution in [1.82, 2.24) is 15.2 Å². The molecule has 0 unspecified atom stereocenters. The van der Waals surface area contributed by atoms with Crippen LogP contribution in [0.5, 0.6) is 0 Å². The van der Waals surface area contributed by atoms with Gasteiger partial charge < -0.3 is 10.6 Å². The van der Waals surface area contributed by atoms with Gasteiger partial charge in [-0.15, -0.1) is 5.10 Å². The molecule has 2 aromatic carbocycles. The maximum absolute atomic E-state index is 13.6. The molecule has 0 amide bonds. The molecule has 0 saturated heterocycles. The molecule has 0 aliphatic rings. The summed E-state index contributed by atoms with van der Waals surface area (Å²) in [5.41, 5.74) is 1.25. The first kappa shape index (κ1) is 17.4. The standard InChI is InChI=1S/C17H14Cl2FN5/c18-12-5-6-13(19)15(9-12)23-16-10-22-25-17(24-16)21-8-7-11-3-1-2-4-14(11)20/h1-6,9-10H,7-8H2,(H2,21,23,24,25). The summed E-state index contributed by atoms with van der Waals surface area (Å²) < 4.78 is 13.6. The monoisotopic (exact) mass is 377 g/mol. The molecule has 8 heteroatoms. The Labute approximate surface area is 154 Å². The number of benzene rings is 2. The van der Waals surface area contributed by atoms with Crippen LogP contribution in [0.2, 0.25) is 10.0 Å². The van der Waals surface area contributed by atoms with Crippen LogP contribution in [0.25, 0.3) is 0 Å². The van der Waals surface area contributed by atoms with E-state index in [0.717, 1.165) is 0 Å². The first-order valence-corrected chi connectivity index (χ1v) is 8.26. The molecule has 0 aliphatic heterocycles. The number of halogens is 3. The Balaban J connectivity index is 1.63. The first-order valence-electron chi connectivity index (χ1n) is 7.51. The van der Waals surface area contributed by atoms with E-state index in [1.165, 1.54) is 12.3 Å². The summed E-state index contributed by atoms with van der Waals surface area (Å²) in [5.74, 6) is 0.571. The number of anilines is 3. The van der Waals surface area contributed by atoms with Gasteiger partial charge in [-0.3, -0.25) is 0 Å². The number of aromatic nitrogens is 3. The van der Waals surface area contributed by atoms with Gasteiger partial charge >= 0.3 is 0 Å². The van der Waals surface area contributed by atoms with E-state index in [2.05, 4.69) is 25.8 Å². The molecule has 0 aliphatic carbocycles. The number of nitrogens with one attached hydrogen (secondary N) is 2. The maximum atomic E-state index is 13.6. The summed E-state index contributed by atoms with van der Waals surface area (Å²) in [4.78, 5) is 4.30. The zero-order valence-electron chi connectivity index (χ0n) is 13.0. The highest BCUT2D eigenvalue weighted by Gasteiger charge is 2.06. The van der Waals surface area contributed by atoms with E-state index in [9.17, 15) is 4.39 Å². The van der Waals surface area contributed by atoms with E-state index in [0.29, 0.717) is 46.0 Å². The highest BCUT2D eigenvalue weighted by Crippen LogP contribution is 2.27. The molecular weight excluding hydrogens is 364 g/mol. The molecule has 0 spiro atoms. The quantitative estimate of drug-likeness (QED) is 0.650. The Bertz CT molecular complexity index is 875. The molecule has 3 rings (SSSR count). The average Bonchev–Trinajstić information content (AvgIpc) is 2.60. The van der Waals surface area contributed by atoms with Crippen LogP contribution in [0.3, 0.4) is 0 Å². The smallest absolute Gasteiger partial charge is 0.244 e. The lowest BCUT2D eigenvalue weighted by Gasteiger charge is -2.09. The largest absolute Gasteiger partial charge is 0.353 e. The van der Waals surface area contributed by atoms with E-state index in [1.54, 1.807) is 36.4 Å². The topological polar surface area (TPSA) is 62.7 Å². The second-order valence-corrected chi connectivity index (χ2v) is 6.03. The molecule has 3 aromatic rings. The molecule has 0 saturated carbocycles. The Morgan fingerprint density at radius 1 is 1.08 bits per heavy atom. The van der Waals surface area contributed by atoms with E-state index < -0.39 is 0 Å². The minimum atomic E-state index is -0.227.